The number of tetrazole rings is 1. The van der Waals surface area contributed by atoms with Crippen LogP contribution in [-0.2, 0) is 0 Å². The SMILES string of the molecule is CC1CCN(C(=O)c2nn[nH]n2)CC1CN. The number of amides is 1. The number of hydrogen-bond acceptors (Lipinski definition) is 5. The van der Waals surface area contributed by atoms with Crippen molar-refractivity contribution in [3.8, 4) is 0 Å². The Kier molecular flexibility index (Phi) is 3.14. The first-order chi connectivity index (χ1) is 7.72. The van der Waals surface area contributed by atoms with E-state index in [1.807, 2.05) is 0 Å². The number of carbonyl (C=O) groups excluding carboxylic acids is 1. The van der Waals surface area contributed by atoms with Crippen molar-refractivity contribution in [2.75, 3.05) is 19.6 Å². The molecule has 0 bridgehead atoms. The molecule has 1 fully saturated rings. The molecule has 2 unspecified atom stereocenters. The van der Waals surface area contributed by atoms with Crippen molar-refractivity contribution in [3.05, 3.63) is 5.82 Å². The summed E-state index contributed by atoms with van der Waals surface area (Å²) in [6.45, 7) is 4.21. The lowest BCUT2D eigenvalue weighted by atomic mass is 9.87. The molecule has 2 atom stereocenters. The smallest absolute Gasteiger partial charge is 0.295 e. The fraction of sp³-hybridized carbons (Fsp3) is 0.778. The first-order valence-electron chi connectivity index (χ1n) is 5.45. The van der Waals surface area contributed by atoms with E-state index in [2.05, 4.69) is 27.5 Å². The van der Waals surface area contributed by atoms with Crippen molar-refractivity contribution in [2.24, 2.45) is 17.6 Å². The summed E-state index contributed by atoms with van der Waals surface area (Å²) in [4.78, 5) is 13.7. The average molecular weight is 224 g/mol. The third-order valence-electron chi connectivity index (χ3n) is 3.24. The number of aromatic nitrogens is 4. The van der Waals surface area contributed by atoms with E-state index < -0.39 is 0 Å². The Morgan fingerprint density at radius 2 is 2.50 bits per heavy atom. The minimum absolute atomic E-state index is 0.130. The highest BCUT2D eigenvalue weighted by Crippen LogP contribution is 2.22. The molecule has 7 heteroatoms. The molecule has 1 amide bonds. The van der Waals surface area contributed by atoms with Crippen molar-refractivity contribution < 1.29 is 4.79 Å². The summed E-state index contributed by atoms with van der Waals surface area (Å²) >= 11 is 0. The zero-order valence-electron chi connectivity index (χ0n) is 9.26. The summed E-state index contributed by atoms with van der Waals surface area (Å²) in [5.74, 6) is 0.897. The van der Waals surface area contributed by atoms with Crippen molar-refractivity contribution in [1.82, 2.24) is 25.5 Å². The third kappa shape index (κ3) is 2.04. The first kappa shape index (κ1) is 11.0. The Labute approximate surface area is 93.4 Å². The van der Waals surface area contributed by atoms with Crippen LogP contribution in [0.15, 0.2) is 0 Å². The van der Waals surface area contributed by atoms with Crippen molar-refractivity contribution >= 4 is 5.91 Å². The maximum absolute atomic E-state index is 11.9. The molecule has 1 aliphatic heterocycles. The number of aromatic amines is 1. The molecule has 88 valence electrons. The predicted molar refractivity (Wildman–Crippen MR) is 56.4 cm³/mol. The van der Waals surface area contributed by atoms with Gasteiger partial charge >= 0.3 is 0 Å². The normalized spacial score (nSPS) is 25.8. The van der Waals surface area contributed by atoms with Gasteiger partial charge in [-0.05, 0) is 30.0 Å². The molecule has 0 spiro atoms. The second kappa shape index (κ2) is 4.56. The van der Waals surface area contributed by atoms with E-state index in [1.54, 1.807) is 4.90 Å². The molecule has 0 aliphatic carbocycles. The molecule has 1 saturated heterocycles. The molecule has 7 nitrogen and oxygen atoms in total. The Morgan fingerprint density at radius 1 is 1.69 bits per heavy atom. The molecule has 0 saturated carbocycles. The Bertz CT molecular complexity index is 351. The van der Waals surface area contributed by atoms with Gasteiger partial charge in [0.1, 0.15) is 0 Å². The number of likely N-dealkylation sites (tertiary alicyclic amines) is 1. The molecule has 16 heavy (non-hydrogen) atoms. The number of nitrogens with one attached hydrogen (secondary N) is 1. The molecular weight excluding hydrogens is 208 g/mol. The molecule has 1 aromatic heterocycles. The second-order valence-corrected chi connectivity index (χ2v) is 4.25. The molecule has 1 aliphatic rings. The summed E-state index contributed by atoms with van der Waals surface area (Å²) < 4.78 is 0. The van der Waals surface area contributed by atoms with Gasteiger partial charge in [-0.3, -0.25) is 4.79 Å². The average Bonchev–Trinajstić information content (AvgIpc) is 2.82. The minimum Gasteiger partial charge on any atom is -0.335 e. The van der Waals surface area contributed by atoms with Crippen LogP contribution < -0.4 is 5.73 Å². The molecule has 1 aromatic rings. The fourth-order valence-corrected chi connectivity index (χ4v) is 2.03. The zero-order chi connectivity index (χ0) is 11.5. The van der Waals surface area contributed by atoms with Gasteiger partial charge in [-0.1, -0.05) is 6.92 Å². The predicted octanol–water partition coefficient (Wildman–Crippen LogP) is -0.743. The Balaban J connectivity index is 2.03. The number of rotatable bonds is 2. The Morgan fingerprint density at radius 3 is 3.12 bits per heavy atom. The first-order valence-corrected chi connectivity index (χ1v) is 5.45. The fourth-order valence-electron chi connectivity index (χ4n) is 2.03. The van der Waals surface area contributed by atoms with Gasteiger partial charge in [0.05, 0.1) is 0 Å². The van der Waals surface area contributed by atoms with E-state index in [0.29, 0.717) is 24.9 Å². The number of hydrogen-bond donors (Lipinski definition) is 2. The zero-order valence-corrected chi connectivity index (χ0v) is 9.26. The number of carbonyl (C=O) groups is 1. The van der Waals surface area contributed by atoms with Gasteiger partial charge in [-0.25, -0.2) is 0 Å². The van der Waals surface area contributed by atoms with Crippen LogP contribution in [0.3, 0.4) is 0 Å². The summed E-state index contributed by atoms with van der Waals surface area (Å²) in [7, 11) is 0. The minimum atomic E-state index is -0.167. The van der Waals surface area contributed by atoms with Crippen LogP contribution in [0.25, 0.3) is 0 Å². The Hall–Kier alpha value is -1.50. The molecule has 2 heterocycles. The highest BCUT2D eigenvalue weighted by atomic mass is 16.2. The molecule has 3 N–H and O–H groups in total. The second-order valence-electron chi connectivity index (χ2n) is 4.25. The van der Waals surface area contributed by atoms with Crippen LogP contribution in [0.5, 0.6) is 0 Å². The van der Waals surface area contributed by atoms with Gasteiger partial charge in [-0.2, -0.15) is 5.21 Å². The van der Waals surface area contributed by atoms with Gasteiger partial charge in [0.15, 0.2) is 0 Å². The van der Waals surface area contributed by atoms with Gasteiger partial charge < -0.3 is 10.6 Å². The van der Waals surface area contributed by atoms with Crippen molar-refractivity contribution in [2.45, 2.75) is 13.3 Å². The number of nitrogens with two attached hydrogens (primary N) is 1. The highest BCUT2D eigenvalue weighted by Gasteiger charge is 2.29. The van der Waals surface area contributed by atoms with Crippen LogP contribution in [0.4, 0.5) is 0 Å². The van der Waals surface area contributed by atoms with E-state index in [1.165, 1.54) is 0 Å². The molecule has 0 aromatic carbocycles. The van der Waals surface area contributed by atoms with Gasteiger partial charge in [-0.15, -0.1) is 10.2 Å². The van der Waals surface area contributed by atoms with E-state index in [4.69, 9.17) is 5.73 Å². The van der Waals surface area contributed by atoms with Crippen LogP contribution in [-0.4, -0.2) is 51.1 Å². The lowest BCUT2D eigenvalue weighted by Gasteiger charge is -2.35. The largest absolute Gasteiger partial charge is 0.335 e. The van der Waals surface area contributed by atoms with Gasteiger partial charge in [0.2, 0.25) is 0 Å². The third-order valence-corrected chi connectivity index (χ3v) is 3.24. The monoisotopic (exact) mass is 224 g/mol. The quantitative estimate of drug-likeness (QED) is 0.688. The lowest BCUT2D eigenvalue weighted by molar-refractivity contribution is 0.0606. The number of nitrogens with zero attached hydrogens (tertiary/aromatic N) is 4. The molecule has 2 rings (SSSR count). The summed E-state index contributed by atoms with van der Waals surface area (Å²) in [6, 6.07) is 0. The van der Waals surface area contributed by atoms with E-state index >= 15 is 0 Å². The standard InChI is InChI=1S/C9H16N6O/c1-6-2-3-15(5-7(6)4-10)9(16)8-11-13-14-12-8/h6-7H,2-5,10H2,1H3,(H,11,12,13,14). The van der Waals surface area contributed by atoms with Crippen LogP contribution in [0.2, 0.25) is 0 Å². The maximum atomic E-state index is 11.9. The van der Waals surface area contributed by atoms with E-state index in [0.717, 1.165) is 13.0 Å². The van der Waals surface area contributed by atoms with Crippen LogP contribution >= 0.6 is 0 Å². The van der Waals surface area contributed by atoms with E-state index in [9.17, 15) is 4.79 Å². The number of H-pyrrole nitrogens is 1. The lowest BCUT2D eigenvalue weighted by Crippen LogP contribution is -2.45. The summed E-state index contributed by atoms with van der Waals surface area (Å²) in [6.07, 6.45) is 0.978. The number of piperidine rings is 1. The molecular formula is C9H16N6O. The summed E-state index contributed by atoms with van der Waals surface area (Å²) in [5.41, 5.74) is 5.69. The summed E-state index contributed by atoms with van der Waals surface area (Å²) in [5, 5.41) is 13.0. The topological polar surface area (TPSA) is 101 Å². The van der Waals surface area contributed by atoms with Crippen molar-refractivity contribution in [3.63, 3.8) is 0 Å². The van der Waals surface area contributed by atoms with Crippen LogP contribution in [0.1, 0.15) is 24.0 Å². The van der Waals surface area contributed by atoms with Gasteiger partial charge in [0, 0.05) is 13.1 Å². The van der Waals surface area contributed by atoms with Crippen LogP contribution in [0, 0.1) is 11.8 Å². The van der Waals surface area contributed by atoms with Gasteiger partial charge in [0.25, 0.3) is 11.7 Å². The van der Waals surface area contributed by atoms with E-state index in [-0.39, 0.29) is 11.7 Å². The molecule has 0 radical (unpaired) electrons. The van der Waals surface area contributed by atoms with Crippen molar-refractivity contribution in [1.29, 1.82) is 0 Å². The maximum Gasteiger partial charge on any atom is 0.295 e. The highest BCUT2D eigenvalue weighted by molar-refractivity contribution is 5.90.